The molecule has 0 saturated heterocycles. The fourth-order valence-corrected chi connectivity index (χ4v) is 1.73. The molecule has 0 radical (unpaired) electrons. The van der Waals surface area contributed by atoms with Crippen LogP contribution in [0.5, 0.6) is 0 Å². The van der Waals surface area contributed by atoms with Crippen molar-refractivity contribution in [3.63, 3.8) is 0 Å². The van der Waals surface area contributed by atoms with Crippen LogP contribution in [0, 0.1) is 0 Å². The maximum atomic E-state index is 11.4. The third-order valence-electron chi connectivity index (χ3n) is 2.80. The lowest BCUT2D eigenvalue weighted by Crippen LogP contribution is -2.31. The molecule has 0 heterocycles. The predicted octanol–water partition coefficient (Wildman–Crippen LogP) is 1.27. The van der Waals surface area contributed by atoms with Crippen LogP contribution in [0.15, 0.2) is 11.6 Å². The average Bonchev–Trinajstić information content (AvgIpc) is 2.29. The molecule has 0 aliphatic carbocycles. The molecule has 0 amide bonds. The molecule has 0 bridgehead atoms. The van der Waals surface area contributed by atoms with E-state index in [1.54, 1.807) is 13.0 Å². The maximum absolute atomic E-state index is 11.4. The highest BCUT2D eigenvalue weighted by Gasteiger charge is 2.31. The summed E-state index contributed by atoms with van der Waals surface area (Å²) in [5.41, 5.74) is 5.68. The van der Waals surface area contributed by atoms with E-state index in [0.717, 1.165) is 0 Å². The van der Waals surface area contributed by atoms with Crippen molar-refractivity contribution in [2.24, 2.45) is 5.73 Å². The van der Waals surface area contributed by atoms with Crippen molar-refractivity contribution >= 4 is 16.1 Å². The number of hydrogen-bond donors (Lipinski definition) is 2. The van der Waals surface area contributed by atoms with Crippen LogP contribution >= 0.6 is 0 Å². The van der Waals surface area contributed by atoms with Gasteiger partial charge in [0, 0.05) is 12.1 Å². The average molecular weight is 293 g/mol. The van der Waals surface area contributed by atoms with Gasteiger partial charge in [0.25, 0.3) is 10.1 Å². The van der Waals surface area contributed by atoms with Gasteiger partial charge in [-0.05, 0) is 40.0 Å². The molecule has 0 rings (SSSR count). The highest BCUT2D eigenvalue weighted by Crippen LogP contribution is 2.22. The summed E-state index contributed by atoms with van der Waals surface area (Å²) in [5.74, 6) is -0.417. The topological polar surface area (TPSA) is 107 Å². The SMILES string of the molecule is CC(=CCCCC(C)(C)S(=O)(=O)O)C(=O)OCCN. The minimum atomic E-state index is -4.06. The van der Waals surface area contributed by atoms with Gasteiger partial charge < -0.3 is 10.5 Å². The molecular formula is C12H23NO5S. The monoisotopic (exact) mass is 293 g/mol. The summed E-state index contributed by atoms with van der Waals surface area (Å²) in [4.78, 5) is 11.4. The summed E-state index contributed by atoms with van der Waals surface area (Å²) in [6.07, 6.45) is 3.10. The van der Waals surface area contributed by atoms with Crippen molar-refractivity contribution in [3.8, 4) is 0 Å². The number of carbonyl (C=O) groups excluding carboxylic acids is 1. The van der Waals surface area contributed by atoms with E-state index in [4.69, 9.17) is 15.0 Å². The Bertz CT molecular complexity index is 425. The van der Waals surface area contributed by atoms with Gasteiger partial charge in [0.05, 0.1) is 4.75 Å². The third kappa shape index (κ3) is 6.70. The van der Waals surface area contributed by atoms with Crippen LogP contribution in [0.25, 0.3) is 0 Å². The number of carbonyl (C=O) groups is 1. The van der Waals surface area contributed by atoms with E-state index in [1.165, 1.54) is 13.8 Å². The van der Waals surface area contributed by atoms with Crippen LogP contribution in [0.3, 0.4) is 0 Å². The van der Waals surface area contributed by atoms with E-state index in [-0.39, 0.29) is 13.2 Å². The van der Waals surface area contributed by atoms with Crippen molar-refractivity contribution in [2.45, 2.75) is 44.8 Å². The van der Waals surface area contributed by atoms with Gasteiger partial charge in [-0.15, -0.1) is 0 Å². The van der Waals surface area contributed by atoms with Crippen molar-refractivity contribution in [1.82, 2.24) is 0 Å². The molecule has 0 aromatic carbocycles. The Morgan fingerprint density at radius 3 is 2.47 bits per heavy atom. The normalized spacial score (nSPS) is 13.4. The van der Waals surface area contributed by atoms with Gasteiger partial charge in [0.15, 0.2) is 0 Å². The van der Waals surface area contributed by atoms with E-state index in [9.17, 15) is 13.2 Å². The first kappa shape index (κ1) is 18.1. The number of esters is 1. The summed E-state index contributed by atoms with van der Waals surface area (Å²) in [5, 5.41) is 0. The first-order chi connectivity index (χ1) is 8.62. The van der Waals surface area contributed by atoms with Crippen LogP contribution < -0.4 is 5.73 Å². The smallest absolute Gasteiger partial charge is 0.333 e. The van der Waals surface area contributed by atoms with Crippen LogP contribution in [0.1, 0.15) is 40.0 Å². The van der Waals surface area contributed by atoms with Gasteiger partial charge in [0.1, 0.15) is 6.61 Å². The summed E-state index contributed by atoms with van der Waals surface area (Å²) < 4.78 is 34.8. The summed E-state index contributed by atoms with van der Waals surface area (Å²) >= 11 is 0. The zero-order chi connectivity index (χ0) is 15.1. The number of allylic oxidation sites excluding steroid dienone is 1. The van der Waals surface area contributed by atoms with Gasteiger partial charge in [-0.3, -0.25) is 4.55 Å². The number of hydrogen-bond acceptors (Lipinski definition) is 5. The number of nitrogens with two attached hydrogens (primary N) is 1. The number of ether oxygens (including phenoxy) is 1. The Labute approximate surface area is 114 Å². The van der Waals surface area contributed by atoms with Gasteiger partial charge in [0.2, 0.25) is 0 Å². The molecule has 0 aliphatic heterocycles. The number of rotatable bonds is 8. The molecule has 6 nitrogen and oxygen atoms in total. The lowest BCUT2D eigenvalue weighted by molar-refractivity contribution is -0.138. The van der Waals surface area contributed by atoms with Crippen LogP contribution in [0.2, 0.25) is 0 Å². The van der Waals surface area contributed by atoms with Crippen molar-refractivity contribution < 1.29 is 22.5 Å². The van der Waals surface area contributed by atoms with Gasteiger partial charge >= 0.3 is 5.97 Å². The van der Waals surface area contributed by atoms with Crippen molar-refractivity contribution in [3.05, 3.63) is 11.6 Å². The predicted molar refractivity (Wildman–Crippen MR) is 73.2 cm³/mol. The highest BCUT2D eigenvalue weighted by molar-refractivity contribution is 7.87. The van der Waals surface area contributed by atoms with Gasteiger partial charge in [-0.2, -0.15) is 8.42 Å². The van der Waals surface area contributed by atoms with Crippen LogP contribution in [-0.2, 0) is 19.6 Å². The number of unbranched alkanes of at least 4 members (excludes halogenated alkanes) is 1. The molecule has 0 unspecified atom stereocenters. The Kier molecular flexibility index (Phi) is 7.25. The quantitative estimate of drug-likeness (QED) is 0.302. The molecule has 19 heavy (non-hydrogen) atoms. The third-order valence-corrected chi connectivity index (χ3v) is 4.41. The second kappa shape index (κ2) is 7.62. The van der Waals surface area contributed by atoms with E-state index in [0.29, 0.717) is 24.8 Å². The first-order valence-corrected chi connectivity index (χ1v) is 7.57. The molecule has 0 saturated carbocycles. The molecule has 0 aliphatic rings. The highest BCUT2D eigenvalue weighted by atomic mass is 32.2. The zero-order valence-corrected chi connectivity index (χ0v) is 12.5. The maximum Gasteiger partial charge on any atom is 0.333 e. The minimum absolute atomic E-state index is 0.180. The van der Waals surface area contributed by atoms with Crippen LogP contribution in [0.4, 0.5) is 0 Å². The molecule has 3 N–H and O–H groups in total. The lowest BCUT2D eigenvalue weighted by atomic mass is 10.0. The molecule has 0 spiro atoms. The molecule has 0 aromatic rings. The summed E-state index contributed by atoms with van der Waals surface area (Å²) in [7, 11) is -4.06. The fourth-order valence-electron chi connectivity index (χ4n) is 1.32. The molecular weight excluding hydrogens is 270 g/mol. The molecule has 7 heteroatoms. The molecule has 0 aromatic heterocycles. The van der Waals surface area contributed by atoms with Crippen molar-refractivity contribution in [1.29, 1.82) is 0 Å². The summed E-state index contributed by atoms with van der Waals surface area (Å²) in [6, 6.07) is 0. The molecule has 0 fully saturated rings. The lowest BCUT2D eigenvalue weighted by Gasteiger charge is -2.20. The van der Waals surface area contributed by atoms with Gasteiger partial charge in [-0.1, -0.05) is 6.08 Å². The van der Waals surface area contributed by atoms with Crippen LogP contribution in [-0.4, -0.2) is 36.8 Å². The van der Waals surface area contributed by atoms with Crippen molar-refractivity contribution in [2.75, 3.05) is 13.2 Å². The largest absolute Gasteiger partial charge is 0.461 e. The Hall–Kier alpha value is -0.920. The minimum Gasteiger partial charge on any atom is -0.461 e. The Balaban J connectivity index is 4.20. The second-order valence-corrected chi connectivity index (χ2v) is 6.99. The first-order valence-electron chi connectivity index (χ1n) is 6.13. The van der Waals surface area contributed by atoms with Gasteiger partial charge in [-0.25, -0.2) is 4.79 Å². The molecule has 0 atom stereocenters. The zero-order valence-electron chi connectivity index (χ0n) is 11.7. The second-order valence-electron chi connectivity index (χ2n) is 4.94. The standard InChI is InChI=1S/C12H23NO5S/c1-10(11(14)18-9-8-13)6-4-5-7-12(2,3)19(15,16)17/h6H,4-5,7-9,13H2,1-3H3,(H,15,16,17). The molecule has 112 valence electrons. The van der Waals surface area contributed by atoms with E-state index in [1.807, 2.05) is 0 Å². The fraction of sp³-hybridized carbons (Fsp3) is 0.750. The summed E-state index contributed by atoms with van der Waals surface area (Å²) in [6.45, 7) is 5.02. The van der Waals surface area contributed by atoms with E-state index >= 15 is 0 Å². The Morgan fingerprint density at radius 2 is 2.00 bits per heavy atom. The Morgan fingerprint density at radius 1 is 1.42 bits per heavy atom. The van der Waals surface area contributed by atoms with E-state index < -0.39 is 20.8 Å². The van der Waals surface area contributed by atoms with E-state index in [2.05, 4.69) is 0 Å².